The van der Waals surface area contributed by atoms with Crippen molar-refractivity contribution in [1.29, 1.82) is 0 Å². The molecule has 1 heterocycles. The molecule has 3 aromatic rings. The Morgan fingerprint density at radius 2 is 1.78 bits per heavy atom. The standard InChI is InChI=1S/C22H24N2O3/c1-22(2,3)18-13-21(26)24-19-12-15(7-10-17(18)19)23-20(25)11-14-5-8-16(27-4)9-6-14/h5-10,12-13H,11H2,1-4H3,(H,23,25)(H,24,26). The molecule has 2 N–H and O–H groups in total. The molecule has 1 amide bonds. The smallest absolute Gasteiger partial charge is 0.248 e. The van der Waals surface area contributed by atoms with Gasteiger partial charge in [-0.25, -0.2) is 0 Å². The van der Waals surface area contributed by atoms with E-state index in [4.69, 9.17) is 4.74 Å². The summed E-state index contributed by atoms with van der Waals surface area (Å²) in [7, 11) is 1.61. The summed E-state index contributed by atoms with van der Waals surface area (Å²) in [5.41, 5.74) is 2.97. The van der Waals surface area contributed by atoms with Gasteiger partial charge in [-0.05, 0) is 40.8 Å². The number of aromatic amines is 1. The molecular weight excluding hydrogens is 340 g/mol. The van der Waals surface area contributed by atoms with Crippen LogP contribution in [0.25, 0.3) is 10.9 Å². The van der Waals surface area contributed by atoms with Crippen LogP contribution in [0.4, 0.5) is 5.69 Å². The summed E-state index contributed by atoms with van der Waals surface area (Å²) in [5.74, 6) is 0.640. The van der Waals surface area contributed by atoms with Crippen LogP contribution in [-0.4, -0.2) is 18.0 Å². The summed E-state index contributed by atoms with van der Waals surface area (Å²) in [6.45, 7) is 6.23. The Hall–Kier alpha value is -3.08. The van der Waals surface area contributed by atoms with Crippen LogP contribution in [-0.2, 0) is 16.6 Å². The van der Waals surface area contributed by atoms with Crippen molar-refractivity contribution in [3.63, 3.8) is 0 Å². The van der Waals surface area contributed by atoms with E-state index >= 15 is 0 Å². The van der Waals surface area contributed by atoms with Gasteiger partial charge in [0.25, 0.3) is 0 Å². The lowest BCUT2D eigenvalue weighted by Gasteiger charge is -2.21. The van der Waals surface area contributed by atoms with Gasteiger partial charge in [0.2, 0.25) is 11.5 Å². The number of anilines is 1. The molecular formula is C22H24N2O3. The molecule has 0 bridgehead atoms. The van der Waals surface area contributed by atoms with Gasteiger partial charge in [0.1, 0.15) is 5.75 Å². The molecule has 140 valence electrons. The quantitative estimate of drug-likeness (QED) is 0.735. The molecule has 5 nitrogen and oxygen atoms in total. The van der Waals surface area contributed by atoms with E-state index in [1.165, 1.54) is 0 Å². The number of H-pyrrole nitrogens is 1. The van der Waals surface area contributed by atoms with E-state index in [1.807, 2.05) is 36.4 Å². The van der Waals surface area contributed by atoms with Crippen LogP contribution in [0, 0.1) is 0 Å². The van der Waals surface area contributed by atoms with E-state index in [1.54, 1.807) is 19.2 Å². The first-order valence-electron chi connectivity index (χ1n) is 8.86. The second-order valence-electron chi connectivity index (χ2n) is 7.63. The molecule has 0 aliphatic rings. The molecule has 0 unspecified atom stereocenters. The lowest BCUT2D eigenvalue weighted by atomic mass is 9.85. The highest BCUT2D eigenvalue weighted by atomic mass is 16.5. The molecule has 0 aliphatic heterocycles. The third-order valence-electron chi connectivity index (χ3n) is 4.46. The molecule has 5 heteroatoms. The van der Waals surface area contributed by atoms with Crippen LogP contribution >= 0.6 is 0 Å². The van der Waals surface area contributed by atoms with Crippen LogP contribution in [0.15, 0.2) is 53.3 Å². The fourth-order valence-electron chi connectivity index (χ4n) is 3.09. The van der Waals surface area contributed by atoms with Crippen molar-refractivity contribution in [3.8, 4) is 5.75 Å². The van der Waals surface area contributed by atoms with Crippen molar-refractivity contribution in [1.82, 2.24) is 4.98 Å². The van der Waals surface area contributed by atoms with Gasteiger partial charge in [0, 0.05) is 17.1 Å². The Kier molecular flexibility index (Phi) is 5.04. The molecule has 0 radical (unpaired) electrons. The van der Waals surface area contributed by atoms with Gasteiger partial charge in [-0.3, -0.25) is 9.59 Å². The summed E-state index contributed by atoms with van der Waals surface area (Å²) in [6, 6.07) is 14.6. The van der Waals surface area contributed by atoms with Gasteiger partial charge in [0.05, 0.1) is 19.0 Å². The molecule has 0 aliphatic carbocycles. The fraction of sp³-hybridized carbons (Fsp3) is 0.273. The van der Waals surface area contributed by atoms with Crippen molar-refractivity contribution in [2.24, 2.45) is 0 Å². The maximum absolute atomic E-state index is 12.4. The zero-order valence-corrected chi connectivity index (χ0v) is 16.1. The van der Waals surface area contributed by atoms with Gasteiger partial charge >= 0.3 is 0 Å². The normalized spacial score (nSPS) is 11.4. The minimum absolute atomic E-state index is 0.117. The van der Waals surface area contributed by atoms with Gasteiger partial charge in [-0.15, -0.1) is 0 Å². The van der Waals surface area contributed by atoms with E-state index in [0.717, 1.165) is 27.8 Å². The predicted octanol–water partition coefficient (Wildman–Crippen LogP) is 4.02. The van der Waals surface area contributed by atoms with Gasteiger partial charge in [-0.1, -0.05) is 39.0 Å². The number of hydrogen-bond donors (Lipinski definition) is 2. The molecule has 0 atom stereocenters. The first-order valence-corrected chi connectivity index (χ1v) is 8.86. The van der Waals surface area contributed by atoms with Crippen molar-refractivity contribution < 1.29 is 9.53 Å². The van der Waals surface area contributed by atoms with E-state index in [9.17, 15) is 9.59 Å². The van der Waals surface area contributed by atoms with E-state index < -0.39 is 0 Å². The van der Waals surface area contributed by atoms with Crippen LogP contribution in [0.5, 0.6) is 5.75 Å². The molecule has 0 saturated heterocycles. The van der Waals surface area contributed by atoms with Crippen LogP contribution in [0.3, 0.4) is 0 Å². The lowest BCUT2D eigenvalue weighted by molar-refractivity contribution is -0.115. The number of hydrogen-bond acceptors (Lipinski definition) is 3. The summed E-state index contributed by atoms with van der Waals surface area (Å²) in [4.78, 5) is 27.2. The first-order chi connectivity index (χ1) is 12.8. The molecule has 1 aromatic heterocycles. The van der Waals surface area contributed by atoms with E-state index in [2.05, 4.69) is 31.1 Å². The summed E-state index contributed by atoms with van der Waals surface area (Å²) >= 11 is 0. The summed E-state index contributed by atoms with van der Waals surface area (Å²) < 4.78 is 5.12. The Balaban J connectivity index is 1.82. The van der Waals surface area contributed by atoms with Crippen molar-refractivity contribution in [2.75, 3.05) is 12.4 Å². The zero-order chi connectivity index (χ0) is 19.6. The minimum atomic E-state index is -0.147. The number of pyridine rings is 1. The highest BCUT2D eigenvalue weighted by Gasteiger charge is 2.18. The maximum atomic E-state index is 12.4. The van der Waals surface area contributed by atoms with E-state index in [-0.39, 0.29) is 23.3 Å². The number of aromatic nitrogens is 1. The summed E-state index contributed by atoms with van der Waals surface area (Å²) in [6.07, 6.45) is 0.264. The number of fused-ring (bicyclic) bond motifs is 1. The second-order valence-corrected chi connectivity index (χ2v) is 7.63. The Bertz CT molecular complexity index is 1030. The summed E-state index contributed by atoms with van der Waals surface area (Å²) in [5, 5.41) is 3.88. The van der Waals surface area contributed by atoms with Crippen LogP contribution in [0.2, 0.25) is 0 Å². The first kappa shape index (κ1) is 18.7. The largest absolute Gasteiger partial charge is 0.497 e. The highest BCUT2D eigenvalue weighted by Crippen LogP contribution is 2.29. The topological polar surface area (TPSA) is 71.2 Å². The predicted molar refractivity (Wildman–Crippen MR) is 109 cm³/mol. The third-order valence-corrected chi connectivity index (χ3v) is 4.46. The maximum Gasteiger partial charge on any atom is 0.248 e. The number of ether oxygens (including phenoxy) is 1. The number of benzene rings is 2. The minimum Gasteiger partial charge on any atom is -0.497 e. The Morgan fingerprint density at radius 3 is 2.41 bits per heavy atom. The molecule has 0 spiro atoms. The molecule has 0 fully saturated rings. The van der Waals surface area contributed by atoms with Crippen LogP contribution in [0.1, 0.15) is 31.9 Å². The van der Waals surface area contributed by atoms with Crippen molar-refractivity contribution in [2.45, 2.75) is 32.6 Å². The molecule has 27 heavy (non-hydrogen) atoms. The number of carbonyl (C=O) groups excluding carboxylic acids is 1. The molecule has 2 aromatic carbocycles. The van der Waals surface area contributed by atoms with Gasteiger partial charge in [-0.2, -0.15) is 0 Å². The third kappa shape index (κ3) is 4.37. The number of rotatable bonds is 4. The monoisotopic (exact) mass is 364 g/mol. The SMILES string of the molecule is COc1ccc(CC(=O)Nc2ccc3c(C(C)(C)C)cc(=O)[nH]c3c2)cc1. The number of carbonyl (C=O) groups is 1. The van der Waals surface area contributed by atoms with Gasteiger partial charge in [0.15, 0.2) is 0 Å². The lowest BCUT2D eigenvalue weighted by Crippen LogP contribution is -2.18. The second kappa shape index (κ2) is 7.27. The average molecular weight is 364 g/mol. The average Bonchev–Trinajstić information content (AvgIpc) is 2.60. The highest BCUT2D eigenvalue weighted by molar-refractivity contribution is 5.95. The molecule has 3 rings (SSSR count). The van der Waals surface area contributed by atoms with Crippen molar-refractivity contribution >= 4 is 22.5 Å². The molecule has 0 saturated carbocycles. The van der Waals surface area contributed by atoms with E-state index in [0.29, 0.717) is 5.69 Å². The Morgan fingerprint density at radius 1 is 1.07 bits per heavy atom. The Labute approximate surface area is 158 Å². The number of nitrogens with one attached hydrogen (secondary N) is 2. The number of methoxy groups -OCH3 is 1. The fourth-order valence-corrected chi connectivity index (χ4v) is 3.09. The van der Waals surface area contributed by atoms with Crippen LogP contribution < -0.4 is 15.6 Å². The zero-order valence-electron chi connectivity index (χ0n) is 16.1. The number of amides is 1. The van der Waals surface area contributed by atoms with Gasteiger partial charge < -0.3 is 15.0 Å². The van der Waals surface area contributed by atoms with Crippen molar-refractivity contribution in [3.05, 3.63) is 70.0 Å².